The third kappa shape index (κ3) is 3.93. The van der Waals surface area contributed by atoms with E-state index in [0.29, 0.717) is 19.4 Å². The molecule has 1 aliphatic rings. The van der Waals surface area contributed by atoms with E-state index in [-0.39, 0.29) is 5.91 Å². The van der Waals surface area contributed by atoms with Crippen molar-refractivity contribution in [3.8, 4) is 0 Å². The Kier molecular flexibility index (Phi) is 5.40. The molecule has 0 N–H and O–H groups in total. The summed E-state index contributed by atoms with van der Waals surface area (Å²) in [6, 6.07) is 12.2. The number of amides is 1. The minimum atomic E-state index is 0.247. The highest BCUT2D eigenvalue weighted by atomic mass is 35.5. The molecule has 4 rings (SSSR count). The third-order valence-electron chi connectivity index (χ3n) is 5.70. The molecule has 0 unspecified atom stereocenters. The summed E-state index contributed by atoms with van der Waals surface area (Å²) in [7, 11) is 0. The number of rotatable bonds is 5. The summed E-state index contributed by atoms with van der Waals surface area (Å²) in [4.78, 5) is 19.5. The Labute approximate surface area is 171 Å². The summed E-state index contributed by atoms with van der Waals surface area (Å²) in [6.45, 7) is 6.69. The van der Waals surface area contributed by atoms with Crippen molar-refractivity contribution in [3.63, 3.8) is 0 Å². The molecule has 0 atom stereocenters. The van der Waals surface area contributed by atoms with E-state index in [9.17, 15) is 4.79 Å². The first-order valence-corrected chi connectivity index (χ1v) is 10.4. The fraction of sp³-hybridized carbons (Fsp3) is 0.391. The van der Waals surface area contributed by atoms with Crippen LogP contribution in [0.4, 0.5) is 0 Å². The number of halogens is 1. The lowest BCUT2D eigenvalue weighted by Gasteiger charge is -2.16. The topological polar surface area (TPSA) is 38.1 Å². The molecule has 1 saturated heterocycles. The SMILES string of the molecule is Cc1cc2nc(Cc3cccc(Cl)c3)n(CCC(=O)N3CCCC3)c2cc1C. The van der Waals surface area contributed by atoms with Gasteiger partial charge in [-0.15, -0.1) is 0 Å². The number of carbonyl (C=O) groups is 1. The van der Waals surface area contributed by atoms with Crippen LogP contribution in [0.5, 0.6) is 0 Å². The number of hydrogen-bond donors (Lipinski definition) is 0. The first kappa shape index (κ1) is 19.0. The molecular weight excluding hydrogens is 370 g/mol. The first-order chi connectivity index (χ1) is 13.5. The quantitative estimate of drug-likeness (QED) is 0.615. The van der Waals surface area contributed by atoms with Gasteiger partial charge in [0, 0.05) is 37.5 Å². The lowest BCUT2D eigenvalue weighted by Crippen LogP contribution is -2.28. The maximum Gasteiger partial charge on any atom is 0.224 e. The number of imidazole rings is 1. The number of aromatic nitrogens is 2. The number of fused-ring (bicyclic) bond motifs is 1. The van der Waals surface area contributed by atoms with E-state index in [0.717, 1.165) is 53.4 Å². The van der Waals surface area contributed by atoms with E-state index in [1.807, 2.05) is 23.1 Å². The molecule has 1 fully saturated rings. The van der Waals surface area contributed by atoms with Gasteiger partial charge in [0.25, 0.3) is 0 Å². The Morgan fingerprint density at radius 3 is 2.61 bits per heavy atom. The van der Waals surface area contributed by atoms with Crippen LogP contribution >= 0.6 is 11.6 Å². The normalized spacial score (nSPS) is 14.2. The van der Waals surface area contributed by atoms with Crippen LogP contribution in [-0.4, -0.2) is 33.4 Å². The predicted molar refractivity (Wildman–Crippen MR) is 114 cm³/mol. The molecule has 2 heterocycles. The molecule has 0 spiro atoms. The van der Waals surface area contributed by atoms with Crippen LogP contribution in [0.2, 0.25) is 5.02 Å². The Balaban J connectivity index is 1.66. The monoisotopic (exact) mass is 395 g/mol. The van der Waals surface area contributed by atoms with Gasteiger partial charge in [-0.25, -0.2) is 4.98 Å². The van der Waals surface area contributed by atoms with Crippen LogP contribution in [0, 0.1) is 13.8 Å². The second-order valence-electron chi connectivity index (χ2n) is 7.75. The van der Waals surface area contributed by atoms with Gasteiger partial charge in [0.1, 0.15) is 5.82 Å². The molecule has 1 aliphatic heterocycles. The second kappa shape index (κ2) is 7.96. The van der Waals surface area contributed by atoms with Crippen molar-refractivity contribution in [1.29, 1.82) is 0 Å². The number of carbonyl (C=O) groups excluding carboxylic acids is 1. The minimum Gasteiger partial charge on any atom is -0.343 e. The van der Waals surface area contributed by atoms with Gasteiger partial charge in [-0.2, -0.15) is 0 Å². The highest BCUT2D eigenvalue weighted by Crippen LogP contribution is 2.24. The number of nitrogens with zero attached hydrogens (tertiary/aromatic N) is 3. The van der Waals surface area contributed by atoms with Crippen LogP contribution < -0.4 is 0 Å². The molecule has 0 radical (unpaired) electrons. The van der Waals surface area contributed by atoms with Gasteiger partial charge < -0.3 is 9.47 Å². The smallest absolute Gasteiger partial charge is 0.224 e. The Bertz CT molecular complexity index is 1020. The molecular formula is C23H26ClN3O. The van der Waals surface area contributed by atoms with E-state index in [4.69, 9.17) is 16.6 Å². The maximum atomic E-state index is 12.6. The molecule has 1 amide bonds. The Morgan fingerprint density at radius 2 is 1.86 bits per heavy atom. The van der Waals surface area contributed by atoms with Gasteiger partial charge in [0.2, 0.25) is 5.91 Å². The van der Waals surface area contributed by atoms with Crippen LogP contribution in [-0.2, 0) is 17.8 Å². The van der Waals surface area contributed by atoms with Gasteiger partial charge in [-0.05, 0) is 67.6 Å². The van der Waals surface area contributed by atoms with E-state index in [1.54, 1.807) is 0 Å². The summed E-state index contributed by atoms with van der Waals surface area (Å²) in [6.07, 6.45) is 3.46. The van der Waals surface area contributed by atoms with Gasteiger partial charge in [-0.3, -0.25) is 4.79 Å². The molecule has 0 bridgehead atoms. The fourth-order valence-electron chi connectivity index (χ4n) is 3.98. The highest BCUT2D eigenvalue weighted by molar-refractivity contribution is 6.30. The van der Waals surface area contributed by atoms with Gasteiger partial charge in [0.15, 0.2) is 0 Å². The van der Waals surface area contributed by atoms with E-state index >= 15 is 0 Å². The average molecular weight is 396 g/mol. The number of benzene rings is 2. The zero-order valence-corrected chi connectivity index (χ0v) is 17.3. The zero-order chi connectivity index (χ0) is 19.7. The van der Waals surface area contributed by atoms with Crippen molar-refractivity contribution < 1.29 is 4.79 Å². The predicted octanol–water partition coefficient (Wildman–Crippen LogP) is 4.91. The van der Waals surface area contributed by atoms with Gasteiger partial charge in [0.05, 0.1) is 11.0 Å². The van der Waals surface area contributed by atoms with Crippen molar-refractivity contribution in [3.05, 3.63) is 63.9 Å². The summed E-state index contributed by atoms with van der Waals surface area (Å²) in [5.74, 6) is 1.23. The second-order valence-corrected chi connectivity index (χ2v) is 8.19. The number of aryl methyl sites for hydroxylation is 3. The molecule has 2 aromatic carbocycles. The molecule has 1 aromatic heterocycles. The van der Waals surface area contributed by atoms with E-state index in [2.05, 4.69) is 36.6 Å². The summed E-state index contributed by atoms with van der Waals surface area (Å²) < 4.78 is 2.22. The zero-order valence-electron chi connectivity index (χ0n) is 16.5. The summed E-state index contributed by atoms with van der Waals surface area (Å²) in [5.41, 5.74) is 5.71. The molecule has 28 heavy (non-hydrogen) atoms. The number of hydrogen-bond acceptors (Lipinski definition) is 2. The van der Waals surface area contributed by atoms with E-state index in [1.165, 1.54) is 11.1 Å². The molecule has 146 valence electrons. The Morgan fingerprint density at radius 1 is 1.11 bits per heavy atom. The standard InChI is InChI=1S/C23H26ClN3O/c1-16-12-20-21(13-17(16)2)27(11-8-23(28)26-9-3-4-10-26)22(25-20)15-18-6-5-7-19(24)14-18/h5-7,12-14H,3-4,8-11,15H2,1-2H3. The number of likely N-dealkylation sites (tertiary alicyclic amines) is 1. The Hall–Kier alpha value is -2.33. The lowest BCUT2D eigenvalue weighted by molar-refractivity contribution is -0.130. The fourth-order valence-corrected chi connectivity index (χ4v) is 4.19. The van der Waals surface area contributed by atoms with Gasteiger partial charge in [-0.1, -0.05) is 23.7 Å². The molecule has 0 saturated carbocycles. The van der Waals surface area contributed by atoms with Crippen LogP contribution in [0.25, 0.3) is 11.0 Å². The summed E-state index contributed by atoms with van der Waals surface area (Å²) >= 11 is 6.17. The van der Waals surface area contributed by atoms with E-state index < -0.39 is 0 Å². The van der Waals surface area contributed by atoms with Gasteiger partial charge >= 0.3 is 0 Å². The molecule has 5 heteroatoms. The van der Waals surface area contributed by atoms with Crippen molar-refractivity contribution in [1.82, 2.24) is 14.5 Å². The van der Waals surface area contributed by atoms with Crippen molar-refractivity contribution >= 4 is 28.5 Å². The molecule has 3 aromatic rings. The molecule has 4 nitrogen and oxygen atoms in total. The van der Waals surface area contributed by atoms with Crippen molar-refractivity contribution in [2.24, 2.45) is 0 Å². The lowest BCUT2D eigenvalue weighted by atomic mass is 10.1. The van der Waals surface area contributed by atoms with Crippen LogP contribution in [0.3, 0.4) is 0 Å². The summed E-state index contributed by atoms with van der Waals surface area (Å²) in [5, 5.41) is 0.732. The molecule has 0 aliphatic carbocycles. The van der Waals surface area contributed by atoms with Crippen LogP contribution in [0.15, 0.2) is 36.4 Å². The van der Waals surface area contributed by atoms with Crippen LogP contribution in [0.1, 0.15) is 41.8 Å². The average Bonchev–Trinajstić information content (AvgIpc) is 3.29. The largest absolute Gasteiger partial charge is 0.343 e. The minimum absolute atomic E-state index is 0.247. The van der Waals surface area contributed by atoms with Crippen molar-refractivity contribution in [2.75, 3.05) is 13.1 Å². The highest BCUT2D eigenvalue weighted by Gasteiger charge is 2.19. The first-order valence-electron chi connectivity index (χ1n) is 10.00. The van der Waals surface area contributed by atoms with Crippen molar-refractivity contribution in [2.45, 2.75) is 46.1 Å². The third-order valence-corrected chi connectivity index (χ3v) is 5.94. The maximum absolute atomic E-state index is 12.6.